The Balaban J connectivity index is 3.14. The van der Waals surface area contributed by atoms with Gasteiger partial charge in [0.25, 0.3) is 0 Å². The van der Waals surface area contributed by atoms with Gasteiger partial charge in [-0.25, -0.2) is 0 Å². The van der Waals surface area contributed by atoms with Gasteiger partial charge in [-0.1, -0.05) is 35.9 Å². The molecule has 0 saturated heterocycles. The molecule has 0 heterocycles. The first-order chi connectivity index (χ1) is 3.27. The van der Waals surface area contributed by atoms with E-state index in [2.05, 4.69) is 6.58 Å². The lowest BCUT2D eigenvalue weighted by Crippen LogP contribution is -1.58. The Bertz CT molecular complexity index is 84.1. The monoisotopic (exact) mass is 136 g/mol. The first-order valence-electron chi connectivity index (χ1n) is 1.86. The van der Waals surface area contributed by atoms with E-state index in [1.807, 2.05) is 0 Å². The second-order valence-corrected chi connectivity index (χ2v) is 1.87. The van der Waals surface area contributed by atoms with Gasteiger partial charge in [0.15, 0.2) is 0 Å². The first-order valence-corrected chi connectivity index (χ1v) is 2.67. The molecule has 0 amide bonds. The summed E-state index contributed by atoms with van der Waals surface area (Å²) in [7, 11) is 0. The lowest BCUT2D eigenvalue weighted by molar-refractivity contribution is 1.38. The summed E-state index contributed by atoms with van der Waals surface area (Å²) in [4.78, 5) is 0. The van der Waals surface area contributed by atoms with Gasteiger partial charge in [-0.2, -0.15) is 0 Å². The third kappa shape index (κ3) is 6.06. The highest BCUT2D eigenvalue weighted by molar-refractivity contribution is 6.29. The van der Waals surface area contributed by atoms with Crippen LogP contribution in [0.5, 0.6) is 0 Å². The second-order valence-electron chi connectivity index (χ2n) is 1.08. The molecule has 0 fully saturated rings. The third-order valence-corrected chi connectivity index (χ3v) is 0.761. The number of hydrogen-bond donors (Lipinski definition) is 0. The zero-order valence-electron chi connectivity index (χ0n) is 3.82. The molecule has 0 radical (unpaired) electrons. The Morgan fingerprint density at radius 1 is 1.71 bits per heavy atom. The van der Waals surface area contributed by atoms with Crippen LogP contribution in [0, 0.1) is 0 Å². The quantitative estimate of drug-likeness (QED) is 0.548. The largest absolute Gasteiger partial charge is 0.0933 e. The van der Waals surface area contributed by atoms with Crippen molar-refractivity contribution in [3.8, 4) is 0 Å². The first kappa shape index (κ1) is 7.06. The van der Waals surface area contributed by atoms with Gasteiger partial charge >= 0.3 is 0 Å². The predicted octanol–water partition coefficient (Wildman–Crippen LogP) is 2.88. The zero-order valence-corrected chi connectivity index (χ0v) is 5.34. The van der Waals surface area contributed by atoms with Gasteiger partial charge in [0, 0.05) is 17.0 Å². The summed E-state index contributed by atoms with van der Waals surface area (Å²) in [5.41, 5.74) is 1.42. The van der Waals surface area contributed by atoms with E-state index < -0.39 is 0 Å². The molecule has 0 aliphatic carbocycles. The van der Waals surface area contributed by atoms with Crippen molar-refractivity contribution in [3.63, 3.8) is 0 Å². The van der Waals surface area contributed by atoms with E-state index in [1.54, 1.807) is 6.08 Å². The Hall–Kier alpha value is 0.0600. The number of rotatable bonds is 2. The lowest BCUT2D eigenvalue weighted by atomic mass is 10.4. The van der Waals surface area contributed by atoms with Crippen LogP contribution in [0.15, 0.2) is 23.2 Å². The maximum absolute atomic E-state index is 5.35. The van der Waals surface area contributed by atoms with Gasteiger partial charge < -0.3 is 0 Å². The lowest BCUT2D eigenvalue weighted by Gasteiger charge is -1.80. The van der Waals surface area contributed by atoms with Crippen molar-refractivity contribution in [3.05, 3.63) is 23.2 Å². The summed E-state index contributed by atoms with van der Waals surface area (Å²) in [6, 6.07) is 0. The van der Waals surface area contributed by atoms with Crippen LogP contribution in [-0.2, 0) is 0 Å². The smallest absolute Gasteiger partial charge is 0.0147 e. The molecule has 0 bridgehead atoms. The van der Waals surface area contributed by atoms with E-state index in [4.69, 9.17) is 23.2 Å². The SMILES string of the molecule is C=C(Cl)CC=CCl. The van der Waals surface area contributed by atoms with E-state index in [9.17, 15) is 0 Å². The van der Waals surface area contributed by atoms with Crippen LogP contribution in [0.25, 0.3) is 0 Å². The average Bonchev–Trinajstić information content (AvgIpc) is 1.61. The molecule has 0 rings (SSSR count). The highest BCUT2D eigenvalue weighted by Crippen LogP contribution is 2.03. The molecule has 40 valence electrons. The van der Waals surface area contributed by atoms with Crippen LogP contribution in [0.3, 0.4) is 0 Å². The molecule has 7 heavy (non-hydrogen) atoms. The molecular formula is C5H6Cl2. The molecular weight excluding hydrogens is 131 g/mol. The van der Waals surface area contributed by atoms with Crippen molar-refractivity contribution < 1.29 is 0 Å². The summed E-state index contributed by atoms with van der Waals surface area (Å²) in [6.07, 6.45) is 2.39. The summed E-state index contributed by atoms with van der Waals surface area (Å²) in [5.74, 6) is 0. The van der Waals surface area contributed by atoms with Crippen LogP contribution in [0.4, 0.5) is 0 Å². The maximum atomic E-state index is 5.35. The Morgan fingerprint density at radius 3 is 2.43 bits per heavy atom. The van der Waals surface area contributed by atoms with Gasteiger partial charge in [0.1, 0.15) is 0 Å². The molecule has 0 aliphatic rings. The number of halogens is 2. The summed E-state index contributed by atoms with van der Waals surface area (Å²) >= 11 is 10.5. The molecule has 0 atom stereocenters. The topological polar surface area (TPSA) is 0 Å². The van der Waals surface area contributed by atoms with Crippen molar-refractivity contribution >= 4 is 23.2 Å². The standard InChI is InChI=1S/C5H6Cl2/c1-5(7)3-2-4-6/h2,4H,1,3H2. The van der Waals surface area contributed by atoms with Crippen molar-refractivity contribution in [1.82, 2.24) is 0 Å². The van der Waals surface area contributed by atoms with Crippen LogP contribution in [0.2, 0.25) is 0 Å². The van der Waals surface area contributed by atoms with Gasteiger partial charge in [0.2, 0.25) is 0 Å². The predicted molar refractivity (Wildman–Crippen MR) is 34.6 cm³/mol. The van der Waals surface area contributed by atoms with Crippen molar-refractivity contribution in [1.29, 1.82) is 0 Å². The van der Waals surface area contributed by atoms with Gasteiger partial charge in [-0.3, -0.25) is 0 Å². The zero-order chi connectivity index (χ0) is 5.70. The fraction of sp³-hybridized carbons (Fsp3) is 0.200. The third-order valence-electron chi connectivity index (χ3n) is 0.428. The molecule has 0 spiro atoms. The molecule has 0 N–H and O–H groups in total. The molecule has 0 aromatic carbocycles. The molecule has 0 nitrogen and oxygen atoms in total. The minimum atomic E-state index is 0.608. The van der Waals surface area contributed by atoms with Crippen molar-refractivity contribution in [2.45, 2.75) is 6.42 Å². The van der Waals surface area contributed by atoms with E-state index in [-0.39, 0.29) is 0 Å². The minimum absolute atomic E-state index is 0.608. The summed E-state index contributed by atoms with van der Waals surface area (Å²) < 4.78 is 0. The Labute approximate surface area is 53.4 Å². The van der Waals surface area contributed by atoms with E-state index >= 15 is 0 Å². The molecule has 0 aromatic heterocycles. The molecule has 2 heteroatoms. The number of allylic oxidation sites excluding steroid dienone is 2. The van der Waals surface area contributed by atoms with Crippen molar-refractivity contribution in [2.24, 2.45) is 0 Å². The molecule has 0 unspecified atom stereocenters. The maximum Gasteiger partial charge on any atom is 0.0147 e. The summed E-state index contributed by atoms with van der Waals surface area (Å²) in [5, 5.41) is 0.608. The van der Waals surface area contributed by atoms with Gasteiger partial charge in [-0.05, 0) is 0 Å². The highest BCUT2D eigenvalue weighted by atomic mass is 35.5. The molecule has 0 aromatic rings. The Kier molecular flexibility index (Phi) is 4.26. The number of hydrogen-bond acceptors (Lipinski definition) is 0. The van der Waals surface area contributed by atoms with Crippen LogP contribution < -0.4 is 0 Å². The second kappa shape index (κ2) is 4.23. The van der Waals surface area contributed by atoms with Crippen LogP contribution in [-0.4, -0.2) is 0 Å². The van der Waals surface area contributed by atoms with Gasteiger partial charge in [0.05, 0.1) is 0 Å². The minimum Gasteiger partial charge on any atom is -0.0933 e. The van der Waals surface area contributed by atoms with E-state index in [1.165, 1.54) is 5.54 Å². The summed E-state index contributed by atoms with van der Waals surface area (Å²) in [6.45, 7) is 3.45. The average molecular weight is 137 g/mol. The molecule has 0 aliphatic heterocycles. The van der Waals surface area contributed by atoms with Crippen molar-refractivity contribution in [2.75, 3.05) is 0 Å². The fourth-order valence-corrected chi connectivity index (χ4v) is 0.351. The Morgan fingerprint density at radius 2 is 2.29 bits per heavy atom. The normalized spacial score (nSPS) is 10.0. The van der Waals surface area contributed by atoms with Crippen LogP contribution >= 0.6 is 23.2 Å². The highest BCUT2D eigenvalue weighted by Gasteiger charge is 1.77. The van der Waals surface area contributed by atoms with E-state index in [0.29, 0.717) is 11.5 Å². The fourth-order valence-electron chi connectivity index (χ4n) is 0.172. The molecule has 0 saturated carbocycles. The van der Waals surface area contributed by atoms with Gasteiger partial charge in [-0.15, -0.1) is 0 Å². The van der Waals surface area contributed by atoms with E-state index in [0.717, 1.165) is 0 Å². The van der Waals surface area contributed by atoms with Crippen LogP contribution in [0.1, 0.15) is 6.42 Å².